The largest absolute Gasteiger partial charge is 0.497 e. The summed E-state index contributed by atoms with van der Waals surface area (Å²) in [5.74, 6) is 1.69. The van der Waals surface area contributed by atoms with Gasteiger partial charge in [-0.15, -0.1) is 6.58 Å². The van der Waals surface area contributed by atoms with Gasteiger partial charge in [-0.1, -0.05) is 6.08 Å². The Morgan fingerprint density at radius 1 is 1.18 bits per heavy atom. The fourth-order valence-electron chi connectivity index (χ4n) is 1.95. The third-order valence-electron chi connectivity index (χ3n) is 3.02. The summed E-state index contributed by atoms with van der Waals surface area (Å²) in [6.45, 7) is 12.8. The van der Waals surface area contributed by atoms with E-state index in [1.165, 1.54) is 0 Å². The van der Waals surface area contributed by atoms with Crippen molar-refractivity contribution < 1.29 is 14.2 Å². The zero-order valence-corrected chi connectivity index (χ0v) is 14.3. The lowest BCUT2D eigenvalue weighted by Gasteiger charge is -2.20. The molecule has 0 radical (unpaired) electrons. The van der Waals surface area contributed by atoms with Gasteiger partial charge in [-0.2, -0.15) is 0 Å². The maximum Gasteiger partial charge on any atom is 0.123 e. The van der Waals surface area contributed by atoms with E-state index in [9.17, 15) is 0 Å². The lowest BCUT2D eigenvalue weighted by atomic mass is 10.1. The van der Waals surface area contributed by atoms with Crippen molar-refractivity contribution in [2.75, 3.05) is 33.5 Å². The number of hydrogen-bond donors (Lipinski definition) is 1. The molecule has 1 aromatic rings. The molecule has 0 bridgehead atoms. The van der Waals surface area contributed by atoms with Gasteiger partial charge in [0.1, 0.15) is 18.1 Å². The molecule has 1 rings (SSSR count). The van der Waals surface area contributed by atoms with E-state index >= 15 is 0 Å². The molecule has 0 unspecified atom stereocenters. The summed E-state index contributed by atoms with van der Waals surface area (Å²) in [6.07, 6.45) is 2.61. The Balaban J connectivity index is 2.31. The molecule has 0 heterocycles. The minimum Gasteiger partial charge on any atom is -0.497 e. The first kappa shape index (κ1) is 18.5. The zero-order valence-electron chi connectivity index (χ0n) is 14.3. The van der Waals surface area contributed by atoms with Gasteiger partial charge in [0, 0.05) is 17.6 Å². The molecule has 4 nitrogen and oxygen atoms in total. The normalized spacial score (nSPS) is 11.3. The summed E-state index contributed by atoms with van der Waals surface area (Å²) in [5, 5.41) is 3.38. The van der Waals surface area contributed by atoms with Crippen LogP contribution in [0.25, 0.3) is 0 Å². The van der Waals surface area contributed by atoms with Crippen molar-refractivity contribution in [1.29, 1.82) is 0 Å². The van der Waals surface area contributed by atoms with Crippen LogP contribution < -0.4 is 14.8 Å². The number of allylic oxidation sites excluding steroid dienone is 1. The van der Waals surface area contributed by atoms with Crippen LogP contribution in [0.1, 0.15) is 26.3 Å². The van der Waals surface area contributed by atoms with Crippen LogP contribution in [0, 0.1) is 0 Å². The molecule has 1 aromatic carbocycles. The molecule has 1 N–H and O–H groups in total. The highest BCUT2D eigenvalue weighted by Gasteiger charge is 2.07. The molecule has 0 aromatic heterocycles. The van der Waals surface area contributed by atoms with E-state index in [-0.39, 0.29) is 5.54 Å². The summed E-state index contributed by atoms with van der Waals surface area (Å²) in [4.78, 5) is 0. The van der Waals surface area contributed by atoms with Gasteiger partial charge >= 0.3 is 0 Å². The molecule has 0 saturated carbocycles. The first-order valence-electron chi connectivity index (χ1n) is 7.69. The van der Waals surface area contributed by atoms with Gasteiger partial charge in [0.05, 0.1) is 20.3 Å². The van der Waals surface area contributed by atoms with Gasteiger partial charge in [0.25, 0.3) is 0 Å². The van der Waals surface area contributed by atoms with Crippen molar-refractivity contribution in [2.24, 2.45) is 0 Å². The van der Waals surface area contributed by atoms with Gasteiger partial charge in [-0.25, -0.2) is 0 Å². The number of benzene rings is 1. The fourth-order valence-corrected chi connectivity index (χ4v) is 1.95. The Kier molecular flexibility index (Phi) is 7.99. The molecule has 0 aliphatic rings. The smallest absolute Gasteiger partial charge is 0.123 e. The van der Waals surface area contributed by atoms with Gasteiger partial charge < -0.3 is 19.5 Å². The Bertz CT molecular complexity index is 452. The molecule has 4 heteroatoms. The van der Waals surface area contributed by atoms with Crippen molar-refractivity contribution in [3.63, 3.8) is 0 Å². The van der Waals surface area contributed by atoms with Crippen LogP contribution in [0.5, 0.6) is 11.5 Å². The second-order valence-electron chi connectivity index (χ2n) is 6.10. The Hall–Kier alpha value is -1.52. The van der Waals surface area contributed by atoms with Crippen LogP contribution in [0.2, 0.25) is 0 Å². The van der Waals surface area contributed by atoms with Crippen LogP contribution in [0.3, 0.4) is 0 Å². The molecular weight excluding hydrogens is 278 g/mol. The molecule has 22 heavy (non-hydrogen) atoms. The third-order valence-corrected chi connectivity index (χ3v) is 3.02. The van der Waals surface area contributed by atoms with Crippen LogP contribution in [0.15, 0.2) is 30.9 Å². The van der Waals surface area contributed by atoms with E-state index < -0.39 is 0 Å². The number of ether oxygens (including phenoxy) is 3. The second-order valence-corrected chi connectivity index (χ2v) is 6.10. The highest BCUT2D eigenvalue weighted by atomic mass is 16.5. The van der Waals surface area contributed by atoms with Gasteiger partial charge in [0.2, 0.25) is 0 Å². The molecule has 0 saturated heterocycles. The SMILES string of the molecule is C=CCc1cc(OC)ccc1OCCOCCNC(C)(C)C. The monoisotopic (exact) mass is 307 g/mol. The average molecular weight is 307 g/mol. The van der Waals surface area contributed by atoms with E-state index in [0.717, 1.165) is 30.0 Å². The van der Waals surface area contributed by atoms with Crippen molar-refractivity contribution in [3.8, 4) is 11.5 Å². The number of methoxy groups -OCH3 is 1. The van der Waals surface area contributed by atoms with Crippen molar-refractivity contribution in [3.05, 3.63) is 36.4 Å². The predicted molar refractivity (Wildman–Crippen MR) is 91.0 cm³/mol. The van der Waals surface area contributed by atoms with Crippen molar-refractivity contribution in [2.45, 2.75) is 32.7 Å². The van der Waals surface area contributed by atoms with Crippen LogP contribution >= 0.6 is 0 Å². The van der Waals surface area contributed by atoms with Gasteiger partial charge in [0.15, 0.2) is 0 Å². The Morgan fingerprint density at radius 3 is 2.59 bits per heavy atom. The standard InChI is InChI=1S/C18H29NO3/c1-6-7-15-14-16(20-5)8-9-17(15)22-13-12-21-11-10-19-18(2,3)4/h6,8-9,14,19H,1,7,10-13H2,2-5H3. The Labute approximate surface area is 134 Å². The molecule has 0 atom stereocenters. The molecule has 0 fully saturated rings. The topological polar surface area (TPSA) is 39.7 Å². The summed E-state index contributed by atoms with van der Waals surface area (Å²) >= 11 is 0. The predicted octanol–water partition coefficient (Wildman–Crippen LogP) is 3.21. The van der Waals surface area contributed by atoms with Gasteiger partial charge in [-0.05, 0) is 45.4 Å². The average Bonchev–Trinajstić information content (AvgIpc) is 2.46. The molecule has 0 aliphatic carbocycles. The summed E-state index contributed by atoms with van der Waals surface area (Å²) < 4.78 is 16.6. The minimum atomic E-state index is 0.128. The van der Waals surface area contributed by atoms with E-state index in [1.807, 2.05) is 24.3 Å². The van der Waals surface area contributed by atoms with Crippen LogP contribution in [0.4, 0.5) is 0 Å². The van der Waals surface area contributed by atoms with Gasteiger partial charge in [-0.3, -0.25) is 0 Å². The summed E-state index contributed by atoms with van der Waals surface area (Å²) in [7, 11) is 1.66. The van der Waals surface area contributed by atoms with Crippen molar-refractivity contribution in [1.82, 2.24) is 5.32 Å². The highest BCUT2D eigenvalue weighted by Crippen LogP contribution is 2.24. The maximum atomic E-state index is 5.79. The molecule has 124 valence electrons. The second kappa shape index (κ2) is 9.49. The molecule has 0 spiro atoms. The van der Waals surface area contributed by atoms with Crippen LogP contribution in [-0.4, -0.2) is 39.0 Å². The quantitative estimate of drug-likeness (QED) is 0.532. The van der Waals surface area contributed by atoms with E-state index in [1.54, 1.807) is 7.11 Å². The first-order valence-corrected chi connectivity index (χ1v) is 7.69. The summed E-state index contributed by atoms with van der Waals surface area (Å²) in [6, 6.07) is 5.81. The lowest BCUT2D eigenvalue weighted by molar-refractivity contribution is 0.0982. The third kappa shape index (κ3) is 7.48. The van der Waals surface area contributed by atoms with E-state index in [0.29, 0.717) is 19.8 Å². The number of hydrogen-bond acceptors (Lipinski definition) is 4. The first-order chi connectivity index (χ1) is 10.5. The van der Waals surface area contributed by atoms with Crippen molar-refractivity contribution >= 4 is 0 Å². The lowest BCUT2D eigenvalue weighted by Crippen LogP contribution is -2.38. The van der Waals surface area contributed by atoms with E-state index in [4.69, 9.17) is 14.2 Å². The Morgan fingerprint density at radius 2 is 1.95 bits per heavy atom. The maximum absolute atomic E-state index is 5.79. The van der Waals surface area contributed by atoms with Crippen LogP contribution in [-0.2, 0) is 11.2 Å². The summed E-state index contributed by atoms with van der Waals surface area (Å²) in [5.41, 5.74) is 1.20. The number of rotatable bonds is 10. The van der Waals surface area contributed by atoms with E-state index in [2.05, 4.69) is 32.7 Å². The number of nitrogens with one attached hydrogen (secondary N) is 1. The fraction of sp³-hybridized carbons (Fsp3) is 0.556. The zero-order chi connectivity index (χ0) is 16.4. The minimum absolute atomic E-state index is 0.128. The molecular formula is C18H29NO3. The molecule has 0 amide bonds. The molecule has 0 aliphatic heterocycles. The highest BCUT2D eigenvalue weighted by molar-refractivity contribution is 5.41.